The van der Waals surface area contributed by atoms with Gasteiger partial charge in [-0.1, -0.05) is 6.07 Å². The smallest absolute Gasteiger partial charge is 0.410 e. The van der Waals surface area contributed by atoms with Crippen molar-refractivity contribution >= 4 is 22.9 Å². The van der Waals surface area contributed by atoms with Crippen LogP contribution in [0.3, 0.4) is 0 Å². The molecule has 198 valence electrons. The predicted octanol–water partition coefficient (Wildman–Crippen LogP) is 4.27. The lowest BCUT2D eigenvalue weighted by molar-refractivity contribution is -0.150. The van der Waals surface area contributed by atoms with E-state index in [1.807, 2.05) is 25.7 Å². The molecule has 1 aromatic heterocycles. The maximum atomic E-state index is 13.6. The zero-order valence-corrected chi connectivity index (χ0v) is 22.4. The van der Waals surface area contributed by atoms with E-state index in [9.17, 15) is 9.59 Å². The number of carbonyl (C=O) groups is 2. The van der Waals surface area contributed by atoms with Gasteiger partial charge >= 0.3 is 6.09 Å². The van der Waals surface area contributed by atoms with Crippen molar-refractivity contribution in [3.63, 3.8) is 0 Å². The van der Waals surface area contributed by atoms with Gasteiger partial charge < -0.3 is 28.6 Å². The monoisotopic (exact) mass is 499 g/mol. The van der Waals surface area contributed by atoms with Gasteiger partial charge in [0.2, 0.25) is 0 Å². The second kappa shape index (κ2) is 11.2. The number of rotatable bonds is 9. The third kappa shape index (κ3) is 6.59. The molecule has 1 aromatic carbocycles. The van der Waals surface area contributed by atoms with E-state index in [0.717, 1.165) is 44.3 Å². The Morgan fingerprint density at radius 2 is 1.97 bits per heavy atom. The highest BCUT2D eigenvalue weighted by Gasteiger charge is 2.39. The predicted molar refractivity (Wildman–Crippen MR) is 139 cm³/mol. The SMILES string of the molecule is COCCCCc1cn(C)c2ccc(CN(C(=O)[C@H]3CN(C(=O)OC(C)(C)C)CCO3)C3CC3)cc12. The van der Waals surface area contributed by atoms with Crippen LogP contribution < -0.4 is 0 Å². The molecule has 1 saturated heterocycles. The number of hydrogen-bond acceptors (Lipinski definition) is 5. The van der Waals surface area contributed by atoms with E-state index in [-0.39, 0.29) is 18.5 Å². The second-order valence-electron chi connectivity index (χ2n) is 11.0. The highest BCUT2D eigenvalue weighted by molar-refractivity contribution is 5.85. The van der Waals surface area contributed by atoms with Crippen LogP contribution in [0.1, 0.15) is 57.6 Å². The Labute approximate surface area is 214 Å². The molecule has 1 aliphatic heterocycles. The lowest BCUT2D eigenvalue weighted by atomic mass is 10.0. The van der Waals surface area contributed by atoms with Crippen LogP contribution in [0.25, 0.3) is 10.9 Å². The highest BCUT2D eigenvalue weighted by atomic mass is 16.6. The molecule has 36 heavy (non-hydrogen) atoms. The van der Waals surface area contributed by atoms with Crippen molar-refractivity contribution < 1.29 is 23.8 Å². The minimum atomic E-state index is -0.663. The molecule has 2 fully saturated rings. The molecule has 1 atom stereocenters. The largest absolute Gasteiger partial charge is 0.444 e. The van der Waals surface area contributed by atoms with Crippen molar-refractivity contribution in [1.82, 2.24) is 14.4 Å². The molecule has 2 aliphatic rings. The molecular weight excluding hydrogens is 458 g/mol. The summed E-state index contributed by atoms with van der Waals surface area (Å²) >= 11 is 0. The van der Waals surface area contributed by atoms with E-state index in [0.29, 0.717) is 19.7 Å². The summed E-state index contributed by atoms with van der Waals surface area (Å²) in [6.07, 6.45) is 6.30. The first-order chi connectivity index (χ1) is 17.2. The van der Waals surface area contributed by atoms with Gasteiger partial charge in [-0.3, -0.25) is 4.79 Å². The molecule has 0 N–H and O–H groups in total. The lowest BCUT2D eigenvalue weighted by Gasteiger charge is -2.36. The first-order valence-electron chi connectivity index (χ1n) is 13.1. The Kier molecular flexibility index (Phi) is 8.25. The van der Waals surface area contributed by atoms with E-state index in [2.05, 4.69) is 36.0 Å². The van der Waals surface area contributed by atoms with E-state index in [1.165, 1.54) is 16.5 Å². The average molecular weight is 500 g/mol. The summed E-state index contributed by atoms with van der Waals surface area (Å²) in [6.45, 7) is 7.84. The number of morpholine rings is 1. The average Bonchev–Trinajstić information content (AvgIpc) is 3.63. The highest BCUT2D eigenvalue weighted by Crippen LogP contribution is 2.31. The molecule has 4 rings (SSSR count). The van der Waals surface area contributed by atoms with Gasteiger partial charge in [0.05, 0.1) is 13.2 Å². The van der Waals surface area contributed by atoms with Crippen LogP contribution in [0.4, 0.5) is 4.79 Å². The van der Waals surface area contributed by atoms with Gasteiger partial charge in [-0.05, 0) is 76.1 Å². The summed E-state index contributed by atoms with van der Waals surface area (Å²) in [7, 11) is 3.82. The molecule has 0 radical (unpaired) electrons. The third-order valence-corrected chi connectivity index (χ3v) is 6.80. The van der Waals surface area contributed by atoms with E-state index in [1.54, 1.807) is 12.0 Å². The van der Waals surface area contributed by atoms with Crippen LogP contribution in [0.5, 0.6) is 0 Å². The quantitative estimate of drug-likeness (QED) is 0.482. The van der Waals surface area contributed by atoms with Crippen molar-refractivity contribution in [2.45, 2.75) is 77.2 Å². The summed E-state index contributed by atoms with van der Waals surface area (Å²) in [5.41, 5.74) is 3.08. The van der Waals surface area contributed by atoms with Crippen LogP contribution in [-0.4, -0.2) is 77.5 Å². The van der Waals surface area contributed by atoms with Crippen molar-refractivity contribution in [3.05, 3.63) is 35.5 Å². The Bertz CT molecular complexity index is 1070. The molecule has 1 aliphatic carbocycles. The molecule has 0 spiro atoms. The minimum Gasteiger partial charge on any atom is -0.444 e. The number of methoxy groups -OCH3 is 1. The summed E-state index contributed by atoms with van der Waals surface area (Å²) in [5, 5.41) is 1.25. The zero-order valence-electron chi connectivity index (χ0n) is 22.4. The Balaban J connectivity index is 1.46. The van der Waals surface area contributed by atoms with Gasteiger partial charge in [0.15, 0.2) is 6.10 Å². The van der Waals surface area contributed by atoms with Gasteiger partial charge in [0, 0.05) is 57.0 Å². The van der Waals surface area contributed by atoms with Gasteiger partial charge in [0.25, 0.3) is 5.91 Å². The number of fused-ring (bicyclic) bond motifs is 1. The van der Waals surface area contributed by atoms with Crippen molar-refractivity contribution in [3.8, 4) is 0 Å². The molecule has 2 amide bonds. The van der Waals surface area contributed by atoms with Crippen molar-refractivity contribution in [1.29, 1.82) is 0 Å². The summed E-state index contributed by atoms with van der Waals surface area (Å²) in [6, 6.07) is 6.74. The molecule has 8 heteroatoms. The van der Waals surface area contributed by atoms with Gasteiger partial charge in [0.1, 0.15) is 5.60 Å². The number of benzene rings is 1. The lowest BCUT2D eigenvalue weighted by Crippen LogP contribution is -2.53. The molecule has 1 saturated carbocycles. The zero-order chi connectivity index (χ0) is 25.9. The number of ether oxygens (including phenoxy) is 3. The number of unbranched alkanes of at least 4 members (excludes halogenated alkanes) is 1. The second-order valence-corrected chi connectivity index (χ2v) is 11.0. The van der Waals surface area contributed by atoms with Crippen molar-refractivity contribution in [2.75, 3.05) is 33.4 Å². The Hall–Kier alpha value is -2.58. The fourth-order valence-corrected chi connectivity index (χ4v) is 4.83. The first kappa shape index (κ1) is 26.5. The van der Waals surface area contributed by atoms with Crippen LogP contribution in [0.15, 0.2) is 24.4 Å². The van der Waals surface area contributed by atoms with E-state index >= 15 is 0 Å². The molecule has 8 nitrogen and oxygen atoms in total. The topological polar surface area (TPSA) is 73.2 Å². The molecule has 0 bridgehead atoms. The van der Waals surface area contributed by atoms with Crippen molar-refractivity contribution in [2.24, 2.45) is 7.05 Å². The molecule has 2 heterocycles. The Morgan fingerprint density at radius 1 is 1.19 bits per heavy atom. The fraction of sp³-hybridized carbons (Fsp3) is 0.643. The summed E-state index contributed by atoms with van der Waals surface area (Å²) in [4.78, 5) is 29.7. The van der Waals surface area contributed by atoms with E-state index in [4.69, 9.17) is 14.2 Å². The maximum absolute atomic E-state index is 13.6. The van der Waals surface area contributed by atoms with Crippen LogP contribution in [0, 0.1) is 0 Å². The van der Waals surface area contributed by atoms with Gasteiger partial charge in [-0.15, -0.1) is 0 Å². The number of aryl methyl sites for hydroxylation is 2. The van der Waals surface area contributed by atoms with E-state index < -0.39 is 17.8 Å². The molecule has 0 unspecified atom stereocenters. The standard InChI is InChI=1S/C28H41N3O5/c1-28(2,3)36-27(33)30-13-15-35-25(19-30)26(32)31(22-10-11-22)17-20-9-12-24-23(16-20)21(18-29(24)4)8-6-7-14-34-5/h9,12,16,18,22,25H,6-8,10-11,13-15,17,19H2,1-5H3/t25-/m1/s1. The molecule has 2 aromatic rings. The van der Waals surface area contributed by atoms with Gasteiger partial charge in [-0.2, -0.15) is 0 Å². The Morgan fingerprint density at radius 3 is 2.67 bits per heavy atom. The summed E-state index contributed by atoms with van der Waals surface area (Å²) in [5.74, 6) is -0.0429. The first-order valence-corrected chi connectivity index (χ1v) is 13.1. The normalized spacial score (nSPS) is 18.5. The number of aromatic nitrogens is 1. The fourth-order valence-electron chi connectivity index (χ4n) is 4.83. The minimum absolute atomic E-state index is 0.0429. The maximum Gasteiger partial charge on any atom is 0.410 e. The summed E-state index contributed by atoms with van der Waals surface area (Å²) < 4.78 is 18.7. The van der Waals surface area contributed by atoms with Gasteiger partial charge in [-0.25, -0.2) is 4.79 Å². The number of amides is 2. The third-order valence-electron chi connectivity index (χ3n) is 6.80. The number of carbonyl (C=O) groups excluding carboxylic acids is 2. The van der Waals surface area contributed by atoms with Crippen LogP contribution in [0.2, 0.25) is 0 Å². The van der Waals surface area contributed by atoms with Crippen LogP contribution >= 0.6 is 0 Å². The number of hydrogen-bond donors (Lipinski definition) is 0. The van der Waals surface area contributed by atoms with Crippen LogP contribution in [-0.2, 0) is 39.0 Å². The number of nitrogens with zero attached hydrogens (tertiary/aromatic N) is 3. The molecular formula is C28H41N3O5.